The average Bonchev–Trinajstić information content (AvgIpc) is 2.59. The van der Waals surface area contributed by atoms with Crippen LogP contribution in [0.3, 0.4) is 0 Å². The molecule has 1 heterocycles. The molecule has 126 valence electrons. The minimum Gasteiger partial charge on any atom is -0.340 e. The Kier molecular flexibility index (Phi) is 5.48. The SMILES string of the molecule is O=C(Cc1ccccc1F)N1CCN(Cc2ccc(Cl)cc2)CC1. The Hall–Kier alpha value is -1.91. The molecule has 0 spiro atoms. The molecule has 0 aromatic heterocycles. The van der Waals surface area contributed by atoms with E-state index in [9.17, 15) is 9.18 Å². The maximum Gasteiger partial charge on any atom is 0.227 e. The van der Waals surface area contributed by atoms with Gasteiger partial charge in [0.15, 0.2) is 0 Å². The zero-order valence-electron chi connectivity index (χ0n) is 13.4. The summed E-state index contributed by atoms with van der Waals surface area (Å²) in [5, 5.41) is 0.738. The van der Waals surface area contributed by atoms with Gasteiger partial charge in [0, 0.05) is 37.7 Å². The molecular formula is C19H20ClFN2O. The highest BCUT2D eigenvalue weighted by molar-refractivity contribution is 6.30. The molecule has 2 aromatic carbocycles. The molecular weight excluding hydrogens is 327 g/mol. The normalized spacial score (nSPS) is 15.5. The summed E-state index contributed by atoms with van der Waals surface area (Å²) in [6.45, 7) is 3.87. The van der Waals surface area contributed by atoms with Crippen molar-refractivity contribution in [2.45, 2.75) is 13.0 Å². The predicted octanol–water partition coefficient (Wildman–Crippen LogP) is 3.37. The van der Waals surface area contributed by atoms with E-state index < -0.39 is 0 Å². The van der Waals surface area contributed by atoms with Crippen LogP contribution in [0, 0.1) is 5.82 Å². The first-order chi connectivity index (χ1) is 11.6. The number of rotatable bonds is 4. The lowest BCUT2D eigenvalue weighted by Gasteiger charge is -2.34. The molecule has 0 unspecified atom stereocenters. The lowest BCUT2D eigenvalue weighted by Crippen LogP contribution is -2.48. The lowest BCUT2D eigenvalue weighted by molar-refractivity contribution is -0.132. The lowest BCUT2D eigenvalue weighted by atomic mass is 10.1. The first-order valence-corrected chi connectivity index (χ1v) is 8.47. The summed E-state index contributed by atoms with van der Waals surface area (Å²) in [5.74, 6) is -0.321. The molecule has 0 atom stereocenters. The van der Waals surface area contributed by atoms with Crippen LogP contribution in [0.5, 0.6) is 0 Å². The van der Waals surface area contributed by atoms with Crippen LogP contribution in [0.1, 0.15) is 11.1 Å². The van der Waals surface area contributed by atoms with E-state index in [1.54, 1.807) is 18.2 Å². The quantitative estimate of drug-likeness (QED) is 0.847. The molecule has 1 aliphatic rings. The second-order valence-electron chi connectivity index (χ2n) is 6.05. The number of carbonyl (C=O) groups is 1. The highest BCUT2D eigenvalue weighted by Crippen LogP contribution is 2.14. The molecule has 1 saturated heterocycles. The Balaban J connectivity index is 1.50. The highest BCUT2D eigenvalue weighted by Gasteiger charge is 2.21. The van der Waals surface area contributed by atoms with Gasteiger partial charge in [0.05, 0.1) is 6.42 Å². The standard InChI is InChI=1S/C19H20ClFN2O/c20-17-7-5-15(6-8-17)14-22-9-11-23(12-10-22)19(24)13-16-3-1-2-4-18(16)21/h1-8H,9-14H2. The van der Waals surface area contributed by atoms with E-state index in [1.165, 1.54) is 11.6 Å². The number of benzene rings is 2. The Bertz CT molecular complexity index is 697. The van der Waals surface area contributed by atoms with Crippen LogP contribution in [0.2, 0.25) is 5.02 Å². The zero-order valence-corrected chi connectivity index (χ0v) is 14.2. The molecule has 0 saturated carbocycles. The summed E-state index contributed by atoms with van der Waals surface area (Å²) in [6, 6.07) is 14.3. The van der Waals surface area contributed by atoms with Gasteiger partial charge in [-0.15, -0.1) is 0 Å². The van der Waals surface area contributed by atoms with Gasteiger partial charge < -0.3 is 4.90 Å². The number of nitrogens with zero attached hydrogens (tertiary/aromatic N) is 2. The predicted molar refractivity (Wildman–Crippen MR) is 93.4 cm³/mol. The van der Waals surface area contributed by atoms with Crippen molar-refractivity contribution in [3.63, 3.8) is 0 Å². The fourth-order valence-corrected chi connectivity index (χ4v) is 3.05. The third kappa shape index (κ3) is 4.34. The second-order valence-corrected chi connectivity index (χ2v) is 6.49. The third-order valence-electron chi connectivity index (χ3n) is 4.34. The summed E-state index contributed by atoms with van der Waals surface area (Å²) in [4.78, 5) is 16.5. The number of carbonyl (C=O) groups excluding carboxylic acids is 1. The minimum atomic E-state index is -0.313. The molecule has 0 N–H and O–H groups in total. The molecule has 2 aromatic rings. The summed E-state index contributed by atoms with van der Waals surface area (Å²) < 4.78 is 13.7. The van der Waals surface area contributed by atoms with Gasteiger partial charge in [-0.3, -0.25) is 9.69 Å². The van der Waals surface area contributed by atoms with Crippen LogP contribution in [0.4, 0.5) is 4.39 Å². The van der Waals surface area contributed by atoms with E-state index in [2.05, 4.69) is 4.90 Å². The fraction of sp³-hybridized carbons (Fsp3) is 0.316. The van der Waals surface area contributed by atoms with E-state index >= 15 is 0 Å². The molecule has 5 heteroatoms. The number of piperazine rings is 1. The summed E-state index contributed by atoms with van der Waals surface area (Å²) >= 11 is 5.90. The van der Waals surface area contributed by atoms with Crippen LogP contribution < -0.4 is 0 Å². The van der Waals surface area contributed by atoms with Crippen LogP contribution in [0.15, 0.2) is 48.5 Å². The number of hydrogen-bond donors (Lipinski definition) is 0. The largest absolute Gasteiger partial charge is 0.340 e. The topological polar surface area (TPSA) is 23.6 Å². The first-order valence-electron chi connectivity index (χ1n) is 8.10. The van der Waals surface area contributed by atoms with E-state index in [-0.39, 0.29) is 18.1 Å². The van der Waals surface area contributed by atoms with Crippen molar-refractivity contribution in [2.75, 3.05) is 26.2 Å². The summed E-state index contributed by atoms with van der Waals surface area (Å²) in [5.41, 5.74) is 1.68. The van der Waals surface area contributed by atoms with Crippen molar-refractivity contribution in [3.05, 3.63) is 70.5 Å². The first kappa shape index (κ1) is 16.9. The van der Waals surface area contributed by atoms with Crippen LogP contribution in [-0.4, -0.2) is 41.9 Å². The van der Waals surface area contributed by atoms with Crippen LogP contribution in [-0.2, 0) is 17.8 Å². The van der Waals surface area contributed by atoms with Crippen molar-refractivity contribution >= 4 is 17.5 Å². The monoisotopic (exact) mass is 346 g/mol. The molecule has 3 nitrogen and oxygen atoms in total. The van der Waals surface area contributed by atoms with Crippen molar-refractivity contribution in [1.82, 2.24) is 9.80 Å². The van der Waals surface area contributed by atoms with Crippen molar-refractivity contribution in [2.24, 2.45) is 0 Å². The molecule has 0 aliphatic carbocycles. The minimum absolute atomic E-state index is 0.00811. The highest BCUT2D eigenvalue weighted by atomic mass is 35.5. The number of amides is 1. The zero-order chi connectivity index (χ0) is 16.9. The maximum absolute atomic E-state index is 13.7. The van der Waals surface area contributed by atoms with E-state index in [1.807, 2.05) is 29.2 Å². The summed E-state index contributed by atoms with van der Waals surface area (Å²) in [6.07, 6.45) is 0.129. The molecule has 1 amide bonds. The Morgan fingerprint density at radius 2 is 1.67 bits per heavy atom. The van der Waals surface area contributed by atoms with Gasteiger partial charge in [0.1, 0.15) is 5.82 Å². The van der Waals surface area contributed by atoms with Gasteiger partial charge in [-0.25, -0.2) is 4.39 Å². The smallest absolute Gasteiger partial charge is 0.227 e. The molecule has 3 rings (SSSR count). The second kappa shape index (κ2) is 7.77. The van der Waals surface area contributed by atoms with Gasteiger partial charge in [-0.05, 0) is 29.3 Å². The number of halogens is 2. The Morgan fingerprint density at radius 3 is 2.33 bits per heavy atom. The number of hydrogen-bond acceptors (Lipinski definition) is 2. The Labute approximate surface area is 146 Å². The molecule has 1 aliphatic heterocycles. The van der Waals surface area contributed by atoms with Crippen LogP contribution >= 0.6 is 11.6 Å². The van der Waals surface area contributed by atoms with E-state index in [4.69, 9.17) is 11.6 Å². The van der Waals surface area contributed by atoms with Crippen molar-refractivity contribution < 1.29 is 9.18 Å². The van der Waals surface area contributed by atoms with Gasteiger partial charge in [-0.2, -0.15) is 0 Å². The van der Waals surface area contributed by atoms with Crippen molar-refractivity contribution in [1.29, 1.82) is 0 Å². The van der Waals surface area contributed by atoms with Crippen LogP contribution in [0.25, 0.3) is 0 Å². The van der Waals surface area contributed by atoms with Crippen molar-refractivity contribution in [3.8, 4) is 0 Å². The van der Waals surface area contributed by atoms with Gasteiger partial charge >= 0.3 is 0 Å². The van der Waals surface area contributed by atoms with E-state index in [0.717, 1.165) is 24.7 Å². The maximum atomic E-state index is 13.7. The Morgan fingerprint density at radius 1 is 1.00 bits per heavy atom. The molecule has 0 bridgehead atoms. The third-order valence-corrected chi connectivity index (χ3v) is 4.60. The fourth-order valence-electron chi connectivity index (χ4n) is 2.92. The van der Waals surface area contributed by atoms with Gasteiger partial charge in [0.2, 0.25) is 5.91 Å². The van der Waals surface area contributed by atoms with Gasteiger partial charge in [0.25, 0.3) is 0 Å². The van der Waals surface area contributed by atoms with E-state index in [0.29, 0.717) is 18.7 Å². The summed E-state index contributed by atoms with van der Waals surface area (Å²) in [7, 11) is 0. The van der Waals surface area contributed by atoms with Gasteiger partial charge in [-0.1, -0.05) is 41.9 Å². The molecule has 1 fully saturated rings. The average molecular weight is 347 g/mol. The molecule has 24 heavy (non-hydrogen) atoms. The molecule has 0 radical (unpaired) electrons.